The number of halogens is 2. The molecular formula is C36H32Cl2O5. The molecule has 5 nitrogen and oxygen atoms in total. The van der Waals surface area contributed by atoms with E-state index in [0.29, 0.717) is 0 Å². The summed E-state index contributed by atoms with van der Waals surface area (Å²) in [7, 11) is 0. The zero-order valence-corrected chi connectivity index (χ0v) is 25.5. The lowest BCUT2D eigenvalue weighted by Crippen LogP contribution is -2.37. The zero-order valence-electron chi connectivity index (χ0n) is 24.0. The Morgan fingerprint density at radius 1 is 0.558 bits per heavy atom. The highest BCUT2D eigenvalue weighted by atomic mass is 35.5. The highest BCUT2D eigenvalue weighted by Gasteiger charge is 2.38. The molecule has 7 heteroatoms. The van der Waals surface area contributed by atoms with E-state index in [1.807, 2.05) is 48.5 Å². The average Bonchev–Trinajstić information content (AvgIpc) is 3.46. The quantitative estimate of drug-likeness (QED) is 0.132. The van der Waals surface area contributed by atoms with E-state index in [1.54, 1.807) is 0 Å². The van der Waals surface area contributed by atoms with Gasteiger partial charge in [0.2, 0.25) is 0 Å². The molecular weight excluding hydrogens is 583 g/mol. The Labute approximate surface area is 261 Å². The summed E-state index contributed by atoms with van der Waals surface area (Å²) >= 11 is 13.2. The fraction of sp³-hybridized carbons (Fsp3) is 0.278. The minimum absolute atomic E-state index is 0.0642. The first-order chi connectivity index (χ1) is 20.6. The van der Waals surface area contributed by atoms with Gasteiger partial charge in [0.15, 0.2) is 10.1 Å². The minimum Gasteiger partial charge on any atom is -0.465 e. The van der Waals surface area contributed by atoms with Crippen LogP contribution >= 0.6 is 23.2 Å². The molecule has 0 radical (unpaired) electrons. The van der Waals surface area contributed by atoms with Crippen LogP contribution in [-0.4, -0.2) is 35.3 Å². The molecule has 0 saturated heterocycles. The van der Waals surface area contributed by atoms with Gasteiger partial charge in [0.1, 0.15) is 13.2 Å². The van der Waals surface area contributed by atoms with Crippen molar-refractivity contribution in [3.05, 3.63) is 119 Å². The number of carbonyl (C=O) groups excluding carboxylic acids is 2. The minimum atomic E-state index is -1.50. The Balaban J connectivity index is 1.02. The maximum absolute atomic E-state index is 12.9. The number of rotatable bonds is 10. The lowest BCUT2D eigenvalue weighted by Gasteiger charge is -2.31. The van der Waals surface area contributed by atoms with Crippen molar-refractivity contribution in [2.75, 3.05) is 13.2 Å². The Hall–Kier alpha value is -3.64. The molecule has 6 rings (SSSR count). The summed E-state index contributed by atoms with van der Waals surface area (Å²) in [5.41, 5.74) is 9.09. The molecule has 4 aromatic rings. The Kier molecular flexibility index (Phi) is 8.08. The Morgan fingerprint density at radius 3 is 1.14 bits per heavy atom. The number of carbonyl (C=O) groups is 2. The van der Waals surface area contributed by atoms with E-state index < -0.39 is 22.1 Å². The van der Waals surface area contributed by atoms with Crippen molar-refractivity contribution >= 4 is 35.1 Å². The molecule has 0 N–H and O–H groups in total. The smallest absolute Gasteiger partial charge is 0.310 e. The second kappa shape index (κ2) is 11.8. The van der Waals surface area contributed by atoms with Crippen molar-refractivity contribution in [3.8, 4) is 22.3 Å². The van der Waals surface area contributed by atoms with Crippen LogP contribution in [0.2, 0.25) is 0 Å². The summed E-state index contributed by atoms with van der Waals surface area (Å²) in [5, 5.41) is -2.99. The van der Waals surface area contributed by atoms with Crippen LogP contribution in [0.25, 0.3) is 22.3 Å². The third-order valence-corrected chi connectivity index (χ3v) is 8.51. The average molecular weight is 616 g/mol. The molecule has 0 spiro atoms. The van der Waals surface area contributed by atoms with Gasteiger partial charge >= 0.3 is 11.9 Å². The van der Waals surface area contributed by atoms with Gasteiger partial charge < -0.3 is 14.2 Å². The Morgan fingerprint density at radius 2 is 0.837 bits per heavy atom. The normalized spacial score (nSPS) is 16.3. The summed E-state index contributed by atoms with van der Waals surface area (Å²) in [5.74, 6) is -1.17. The lowest BCUT2D eigenvalue weighted by atomic mass is 9.98. The molecule has 2 atom stereocenters. The summed E-state index contributed by atoms with van der Waals surface area (Å²) < 4.78 is 17.2. The van der Waals surface area contributed by atoms with E-state index in [0.717, 1.165) is 44.5 Å². The van der Waals surface area contributed by atoms with Crippen molar-refractivity contribution in [1.82, 2.24) is 0 Å². The van der Waals surface area contributed by atoms with E-state index >= 15 is 0 Å². The standard InChI is InChI=1S/C36H32Cl2O5/c1-35(37,19-33(39)41-21-31-27-15-7-3-11-23(27)24-12-4-8-16-28(24)31)43-36(2,38)20-34(40)42-22-32-29-17-9-5-13-25(29)26-14-6-10-18-30(26)32/h3-18,31-32H,19-22H2,1-2H3. The molecule has 4 aromatic carbocycles. The van der Waals surface area contributed by atoms with Gasteiger partial charge in [-0.1, -0.05) is 120 Å². The van der Waals surface area contributed by atoms with E-state index in [4.69, 9.17) is 37.4 Å². The van der Waals surface area contributed by atoms with Crippen LogP contribution in [0.4, 0.5) is 0 Å². The molecule has 220 valence electrons. The molecule has 0 amide bonds. The van der Waals surface area contributed by atoms with Crippen LogP contribution in [0.5, 0.6) is 0 Å². The van der Waals surface area contributed by atoms with Crippen molar-refractivity contribution in [3.63, 3.8) is 0 Å². The van der Waals surface area contributed by atoms with E-state index in [1.165, 1.54) is 13.8 Å². The third kappa shape index (κ3) is 6.21. The second-order valence-corrected chi connectivity index (χ2v) is 13.1. The fourth-order valence-corrected chi connectivity index (χ4v) is 6.96. The summed E-state index contributed by atoms with van der Waals surface area (Å²) in [6, 6.07) is 32.5. The van der Waals surface area contributed by atoms with Crippen LogP contribution in [0.1, 0.15) is 60.8 Å². The number of fused-ring (bicyclic) bond motifs is 6. The van der Waals surface area contributed by atoms with Crippen molar-refractivity contribution in [2.45, 2.75) is 48.6 Å². The van der Waals surface area contributed by atoms with Crippen molar-refractivity contribution in [1.29, 1.82) is 0 Å². The first kappa shape index (κ1) is 29.4. The summed E-state index contributed by atoms with van der Waals surface area (Å²) in [4.78, 5) is 25.8. The van der Waals surface area contributed by atoms with Crippen LogP contribution in [0.15, 0.2) is 97.1 Å². The zero-order chi connectivity index (χ0) is 30.2. The molecule has 43 heavy (non-hydrogen) atoms. The van der Waals surface area contributed by atoms with Crippen molar-refractivity contribution < 1.29 is 23.8 Å². The molecule has 2 aliphatic rings. The molecule has 0 saturated carbocycles. The maximum Gasteiger partial charge on any atom is 0.310 e. The van der Waals surface area contributed by atoms with Crippen LogP contribution in [-0.2, 0) is 23.8 Å². The SMILES string of the molecule is CC(Cl)(CC(=O)OCC1c2ccccc2-c2ccccc21)OC(C)(Cl)CC(=O)OCC1c2ccccc2-c2ccccc21. The molecule has 0 bridgehead atoms. The summed E-state index contributed by atoms with van der Waals surface area (Å²) in [6.07, 6.45) is -0.505. The van der Waals surface area contributed by atoms with Gasteiger partial charge in [-0.2, -0.15) is 0 Å². The van der Waals surface area contributed by atoms with Crippen LogP contribution in [0, 0.1) is 0 Å². The number of esters is 2. The van der Waals surface area contributed by atoms with E-state index in [-0.39, 0.29) is 37.9 Å². The van der Waals surface area contributed by atoms with Gasteiger partial charge in [0, 0.05) is 11.8 Å². The van der Waals surface area contributed by atoms with Crippen LogP contribution < -0.4 is 0 Å². The predicted molar refractivity (Wildman–Crippen MR) is 168 cm³/mol. The third-order valence-electron chi connectivity index (χ3n) is 8.09. The molecule has 0 heterocycles. The van der Waals surface area contributed by atoms with Gasteiger partial charge in [-0.25, -0.2) is 0 Å². The molecule has 0 aliphatic heterocycles. The van der Waals surface area contributed by atoms with E-state index in [2.05, 4.69) is 48.5 Å². The largest absolute Gasteiger partial charge is 0.465 e. The van der Waals surface area contributed by atoms with Gasteiger partial charge in [-0.15, -0.1) is 0 Å². The number of alkyl halides is 2. The number of hydrogen-bond acceptors (Lipinski definition) is 5. The fourth-order valence-electron chi connectivity index (χ4n) is 6.36. The molecule has 2 unspecified atom stereocenters. The van der Waals surface area contributed by atoms with Gasteiger partial charge in [0.05, 0.1) is 12.8 Å². The van der Waals surface area contributed by atoms with E-state index in [9.17, 15) is 9.59 Å². The Bertz CT molecular complexity index is 1460. The highest BCUT2D eigenvalue weighted by molar-refractivity contribution is 6.26. The predicted octanol–water partition coefficient (Wildman–Crippen LogP) is 8.40. The number of benzene rings is 4. The molecule has 0 aromatic heterocycles. The number of ether oxygens (including phenoxy) is 3. The first-order valence-corrected chi connectivity index (χ1v) is 15.1. The lowest BCUT2D eigenvalue weighted by molar-refractivity contribution is -0.155. The van der Waals surface area contributed by atoms with Gasteiger partial charge in [-0.05, 0) is 58.4 Å². The highest BCUT2D eigenvalue weighted by Crippen LogP contribution is 2.46. The van der Waals surface area contributed by atoms with Crippen molar-refractivity contribution in [2.24, 2.45) is 0 Å². The summed E-state index contributed by atoms with van der Waals surface area (Å²) in [6.45, 7) is 3.43. The maximum atomic E-state index is 12.9. The van der Waals surface area contributed by atoms with Gasteiger partial charge in [0.25, 0.3) is 0 Å². The second-order valence-electron chi connectivity index (χ2n) is 11.5. The molecule has 2 aliphatic carbocycles. The van der Waals surface area contributed by atoms with Gasteiger partial charge in [-0.3, -0.25) is 9.59 Å². The first-order valence-electron chi connectivity index (χ1n) is 14.4. The topological polar surface area (TPSA) is 61.8 Å². The number of hydrogen-bond donors (Lipinski definition) is 0. The molecule has 0 fully saturated rings. The van der Waals surface area contributed by atoms with Crippen LogP contribution in [0.3, 0.4) is 0 Å². The monoisotopic (exact) mass is 614 g/mol.